The Morgan fingerprint density at radius 3 is 2.30 bits per heavy atom. The van der Waals surface area contributed by atoms with Gasteiger partial charge in [-0.1, -0.05) is 66.8 Å². The van der Waals surface area contributed by atoms with Gasteiger partial charge in [0.15, 0.2) is 0 Å². The van der Waals surface area contributed by atoms with Crippen LogP contribution in [0.2, 0.25) is 5.02 Å². The van der Waals surface area contributed by atoms with E-state index in [1.165, 1.54) is 24.1 Å². The quantitative estimate of drug-likeness (QED) is 0.281. The van der Waals surface area contributed by atoms with Crippen LogP contribution in [-0.4, -0.2) is 50.9 Å². The van der Waals surface area contributed by atoms with E-state index in [4.69, 9.17) is 16.3 Å². The number of benzene rings is 3. The van der Waals surface area contributed by atoms with Gasteiger partial charge in [-0.2, -0.15) is 0 Å². The van der Waals surface area contributed by atoms with Gasteiger partial charge in [0, 0.05) is 17.6 Å². The number of rotatable bonds is 11. The first-order valence-corrected chi connectivity index (χ1v) is 16.4. The van der Waals surface area contributed by atoms with Crippen LogP contribution in [0.5, 0.6) is 5.75 Å². The molecule has 0 unspecified atom stereocenters. The zero-order valence-electron chi connectivity index (χ0n) is 25.2. The average Bonchev–Trinajstić information content (AvgIpc) is 2.99. The number of halogens is 1. The van der Waals surface area contributed by atoms with Crippen molar-refractivity contribution in [2.75, 3.05) is 18.0 Å². The molecular weight excluding hydrogens is 586 g/mol. The Labute approximate surface area is 260 Å². The van der Waals surface area contributed by atoms with Gasteiger partial charge in [0.2, 0.25) is 11.8 Å². The summed E-state index contributed by atoms with van der Waals surface area (Å²) in [6.07, 6.45) is 5.05. The lowest BCUT2D eigenvalue weighted by Gasteiger charge is -2.33. The van der Waals surface area contributed by atoms with Crippen LogP contribution in [0.3, 0.4) is 0 Å². The van der Waals surface area contributed by atoms with Gasteiger partial charge in [-0.05, 0) is 81.1 Å². The van der Waals surface area contributed by atoms with E-state index in [2.05, 4.69) is 5.32 Å². The molecule has 0 bridgehead atoms. The summed E-state index contributed by atoms with van der Waals surface area (Å²) in [7, 11) is -2.76. The van der Waals surface area contributed by atoms with Gasteiger partial charge in [0.05, 0.1) is 17.7 Å². The van der Waals surface area contributed by atoms with E-state index in [1.54, 1.807) is 49.4 Å². The maximum Gasteiger partial charge on any atom is 0.264 e. The van der Waals surface area contributed by atoms with Crippen LogP contribution in [0.25, 0.3) is 0 Å². The molecule has 0 aromatic heterocycles. The van der Waals surface area contributed by atoms with Crippen LogP contribution in [0.4, 0.5) is 5.69 Å². The second kappa shape index (κ2) is 14.3. The Balaban J connectivity index is 1.73. The molecule has 4 rings (SSSR count). The number of aryl methyl sites for hydroxylation is 2. The third-order valence-electron chi connectivity index (χ3n) is 7.85. The molecule has 1 aliphatic carbocycles. The molecule has 3 aromatic carbocycles. The highest BCUT2D eigenvalue weighted by atomic mass is 35.5. The molecule has 1 aliphatic rings. The Kier molecular flexibility index (Phi) is 10.7. The van der Waals surface area contributed by atoms with E-state index in [0.717, 1.165) is 53.1 Å². The van der Waals surface area contributed by atoms with Gasteiger partial charge in [0.1, 0.15) is 18.3 Å². The molecular formula is C33H40ClN3O5S. The SMILES string of the molecule is COc1ccc(C)cc1N(CC(=O)N(Cc1cccc(Cl)c1)[C@@H](C)C(=O)NC1CCCCC1)S(=O)(=O)c1ccc(C)cc1. The molecule has 0 radical (unpaired) electrons. The Hall–Kier alpha value is -3.56. The van der Waals surface area contributed by atoms with Crippen molar-refractivity contribution in [2.24, 2.45) is 0 Å². The molecule has 1 saturated carbocycles. The monoisotopic (exact) mass is 625 g/mol. The first kappa shape index (κ1) is 32.4. The second-order valence-electron chi connectivity index (χ2n) is 11.2. The molecule has 1 atom stereocenters. The van der Waals surface area contributed by atoms with E-state index in [9.17, 15) is 18.0 Å². The Bertz CT molecular complexity index is 1540. The maximum atomic E-state index is 14.2. The minimum absolute atomic E-state index is 0.0407. The topological polar surface area (TPSA) is 96.0 Å². The number of ether oxygens (including phenoxy) is 1. The van der Waals surface area contributed by atoms with Gasteiger partial charge < -0.3 is 15.0 Å². The number of hydrogen-bond donors (Lipinski definition) is 1. The molecule has 10 heteroatoms. The van der Waals surface area contributed by atoms with Crippen molar-refractivity contribution in [2.45, 2.75) is 76.4 Å². The lowest BCUT2D eigenvalue weighted by atomic mass is 9.95. The molecule has 3 aromatic rings. The van der Waals surface area contributed by atoms with Crippen LogP contribution in [0.1, 0.15) is 55.7 Å². The van der Waals surface area contributed by atoms with E-state index >= 15 is 0 Å². The highest BCUT2D eigenvalue weighted by Gasteiger charge is 2.34. The second-order valence-corrected chi connectivity index (χ2v) is 13.5. The van der Waals surface area contributed by atoms with Crippen LogP contribution in [0.15, 0.2) is 71.6 Å². The summed E-state index contributed by atoms with van der Waals surface area (Å²) in [6, 6.07) is 17.9. The van der Waals surface area contributed by atoms with Crippen LogP contribution >= 0.6 is 11.6 Å². The van der Waals surface area contributed by atoms with Gasteiger partial charge in [-0.25, -0.2) is 8.42 Å². The molecule has 0 aliphatic heterocycles. The van der Waals surface area contributed by atoms with Crippen molar-refractivity contribution in [3.05, 3.63) is 88.4 Å². The van der Waals surface area contributed by atoms with Gasteiger partial charge in [0.25, 0.3) is 10.0 Å². The summed E-state index contributed by atoms with van der Waals surface area (Å²) in [5.41, 5.74) is 2.65. The number of hydrogen-bond acceptors (Lipinski definition) is 5. The number of amides is 2. The van der Waals surface area contributed by atoms with E-state index in [0.29, 0.717) is 10.8 Å². The predicted octanol–water partition coefficient (Wildman–Crippen LogP) is 6.03. The summed E-state index contributed by atoms with van der Waals surface area (Å²) in [5.74, 6) is -0.507. The fraction of sp³-hybridized carbons (Fsp3) is 0.394. The molecule has 1 N–H and O–H groups in total. The summed E-state index contributed by atoms with van der Waals surface area (Å²) >= 11 is 6.25. The van der Waals surface area contributed by atoms with Crippen LogP contribution in [-0.2, 0) is 26.2 Å². The van der Waals surface area contributed by atoms with Crippen molar-refractivity contribution < 1.29 is 22.7 Å². The Morgan fingerprint density at radius 2 is 1.65 bits per heavy atom. The van der Waals surface area contributed by atoms with Crippen molar-refractivity contribution >= 4 is 39.1 Å². The maximum absolute atomic E-state index is 14.2. The van der Waals surface area contributed by atoms with Crippen molar-refractivity contribution in [1.29, 1.82) is 0 Å². The van der Waals surface area contributed by atoms with Gasteiger partial charge >= 0.3 is 0 Å². The summed E-state index contributed by atoms with van der Waals surface area (Å²) in [6.45, 7) is 4.91. The largest absolute Gasteiger partial charge is 0.495 e. The lowest BCUT2D eigenvalue weighted by molar-refractivity contribution is -0.139. The highest BCUT2D eigenvalue weighted by Crippen LogP contribution is 2.34. The smallest absolute Gasteiger partial charge is 0.264 e. The standard InChI is InChI=1S/C33H40ClN3O5S/c1-23-13-16-29(17-14-23)43(40,41)37(30-19-24(2)15-18-31(30)42-4)22-32(38)36(21-26-9-8-10-27(34)20-26)25(3)33(39)35-28-11-6-5-7-12-28/h8-10,13-20,25,28H,5-7,11-12,21-22H2,1-4H3,(H,35,39)/t25-/m0/s1. The number of carbonyl (C=O) groups excluding carboxylic acids is 2. The zero-order valence-corrected chi connectivity index (χ0v) is 26.7. The zero-order chi connectivity index (χ0) is 31.1. The normalized spacial score (nSPS) is 14.5. The number of methoxy groups -OCH3 is 1. The first-order valence-electron chi connectivity index (χ1n) is 14.6. The number of nitrogens with one attached hydrogen (secondary N) is 1. The molecule has 2 amide bonds. The van der Waals surface area contributed by atoms with Gasteiger partial charge in [-0.15, -0.1) is 0 Å². The van der Waals surface area contributed by atoms with E-state index < -0.39 is 28.5 Å². The molecule has 230 valence electrons. The highest BCUT2D eigenvalue weighted by molar-refractivity contribution is 7.92. The summed E-state index contributed by atoms with van der Waals surface area (Å²) < 4.78 is 34.9. The molecule has 0 saturated heterocycles. The molecule has 0 spiro atoms. The van der Waals surface area contributed by atoms with Crippen LogP contribution < -0.4 is 14.4 Å². The predicted molar refractivity (Wildman–Crippen MR) is 170 cm³/mol. The van der Waals surface area contributed by atoms with Crippen LogP contribution in [0, 0.1) is 13.8 Å². The van der Waals surface area contributed by atoms with E-state index in [1.807, 2.05) is 26.0 Å². The minimum atomic E-state index is -4.21. The van der Waals surface area contributed by atoms with Crippen molar-refractivity contribution in [1.82, 2.24) is 10.2 Å². The number of nitrogens with zero attached hydrogens (tertiary/aromatic N) is 2. The molecule has 1 fully saturated rings. The number of carbonyl (C=O) groups is 2. The fourth-order valence-corrected chi connectivity index (χ4v) is 6.96. The molecule has 0 heterocycles. The van der Waals surface area contributed by atoms with Crippen molar-refractivity contribution in [3.63, 3.8) is 0 Å². The minimum Gasteiger partial charge on any atom is -0.495 e. The molecule has 8 nitrogen and oxygen atoms in total. The third-order valence-corrected chi connectivity index (χ3v) is 9.86. The Morgan fingerprint density at radius 1 is 0.977 bits per heavy atom. The van der Waals surface area contributed by atoms with E-state index in [-0.39, 0.29) is 29.1 Å². The van der Waals surface area contributed by atoms with Crippen molar-refractivity contribution in [3.8, 4) is 5.75 Å². The lowest BCUT2D eigenvalue weighted by Crippen LogP contribution is -2.53. The first-order chi connectivity index (χ1) is 20.5. The molecule has 43 heavy (non-hydrogen) atoms. The number of sulfonamides is 1. The summed E-state index contributed by atoms with van der Waals surface area (Å²) in [4.78, 5) is 29.2. The van der Waals surface area contributed by atoms with Gasteiger partial charge in [-0.3, -0.25) is 13.9 Å². The number of anilines is 1. The summed E-state index contributed by atoms with van der Waals surface area (Å²) in [5, 5.41) is 3.61. The third kappa shape index (κ3) is 8.09. The fourth-order valence-electron chi connectivity index (χ4n) is 5.33. The average molecular weight is 626 g/mol.